The van der Waals surface area contributed by atoms with Crippen LogP contribution in [0.1, 0.15) is 38.2 Å². The lowest BCUT2D eigenvalue weighted by Crippen LogP contribution is -2.46. The lowest BCUT2D eigenvalue weighted by Gasteiger charge is -2.44. The van der Waals surface area contributed by atoms with Gasteiger partial charge in [0, 0.05) is 4.47 Å². The second-order valence-electron chi connectivity index (χ2n) is 6.22. The second-order valence-corrected chi connectivity index (χ2v) is 7.07. The van der Waals surface area contributed by atoms with Crippen LogP contribution in [0.5, 0.6) is 0 Å². The van der Waals surface area contributed by atoms with Gasteiger partial charge in [-0.05, 0) is 49.7 Å². The molecule has 100 valence electrons. The second kappa shape index (κ2) is 4.33. The van der Waals surface area contributed by atoms with Crippen LogP contribution >= 0.6 is 15.9 Å². The third-order valence-electron chi connectivity index (χ3n) is 5.32. The van der Waals surface area contributed by atoms with Gasteiger partial charge in [-0.3, -0.25) is 0 Å². The molecule has 2 fully saturated rings. The van der Waals surface area contributed by atoms with Crippen molar-refractivity contribution in [1.82, 2.24) is 0 Å². The summed E-state index contributed by atoms with van der Waals surface area (Å²) in [6.07, 6.45) is 4.25. The Morgan fingerprint density at radius 1 is 1.42 bits per heavy atom. The number of hydrogen-bond donors (Lipinski definition) is 1. The zero-order valence-corrected chi connectivity index (χ0v) is 12.7. The molecule has 0 heterocycles. The molecule has 0 spiro atoms. The number of hydrogen-bond acceptors (Lipinski definition) is 2. The van der Waals surface area contributed by atoms with Crippen molar-refractivity contribution in [2.75, 3.05) is 0 Å². The maximum atomic E-state index is 11.2. The number of benzene rings is 1. The van der Waals surface area contributed by atoms with Gasteiger partial charge in [-0.25, -0.2) is 0 Å². The van der Waals surface area contributed by atoms with Crippen molar-refractivity contribution in [2.45, 2.75) is 38.2 Å². The first-order valence-corrected chi connectivity index (χ1v) is 7.69. The number of rotatable bonds is 2. The number of nitriles is 1. The Hall–Kier alpha value is -0.850. The summed E-state index contributed by atoms with van der Waals surface area (Å²) in [7, 11) is 0. The highest BCUT2D eigenvalue weighted by Gasteiger charge is 2.61. The Kier molecular flexibility index (Phi) is 2.99. The smallest absolute Gasteiger partial charge is 0.107 e. The van der Waals surface area contributed by atoms with Crippen molar-refractivity contribution in [1.29, 1.82) is 5.26 Å². The predicted molar refractivity (Wildman–Crippen MR) is 77.2 cm³/mol. The molecular formula is C16H18BrNO. The molecule has 0 aliphatic heterocycles. The quantitative estimate of drug-likeness (QED) is 0.895. The van der Waals surface area contributed by atoms with Crippen LogP contribution in [0.25, 0.3) is 0 Å². The van der Waals surface area contributed by atoms with E-state index in [0.29, 0.717) is 11.8 Å². The molecule has 2 aliphatic rings. The molecule has 3 rings (SSSR count). The zero-order valence-electron chi connectivity index (χ0n) is 11.1. The molecule has 2 aliphatic carbocycles. The monoisotopic (exact) mass is 319 g/mol. The standard InChI is InChI=1S/C16H18BrNO/c1-15(19,13-4-2-3-5-14(13)17)16(10-18)9-11-6-7-12(16)8-11/h2-5,11-12,19H,6-9H2,1H3. The Balaban J connectivity index is 2.09. The molecule has 0 saturated heterocycles. The van der Waals surface area contributed by atoms with E-state index in [1.54, 1.807) is 0 Å². The first-order chi connectivity index (χ1) is 9.01. The van der Waals surface area contributed by atoms with E-state index in [9.17, 15) is 10.4 Å². The highest BCUT2D eigenvalue weighted by molar-refractivity contribution is 9.10. The van der Waals surface area contributed by atoms with Gasteiger partial charge in [0.15, 0.2) is 0 Å². The van der Waals surface area contributed by atoms with Gasteiger partial charge in [-0.1, -0.05) is 40.5 Å². The number of halogens is 1. The fourth-order valence-corrected chi connectivity index (χ4v) is 4.94. The minimum atomic E-state index is -1.10. The highest BCUT2D eigenvalue weighted by Crippen LogP contribution is 2.63. The van der Waals surface area contributed by atoms with E-state index in [1.807, 2.05) is 31.2 Å². The molecular weight excluding hydrogens is 302 g/mol. The van der Waals surface area contributed by atoms with Crippen LogP contribution in [0.15, 0.2) is 28.7 Å². The topological polar surface area (TPSA) is 44.0 Å². The van der Waals surface area contributed by atoms with Gasteiger partial charge in [-0.15, -0.1) is 0 Å². The van der Waals surface area contributed by atoms with Gasteiger partial charge < -0.3 is 5.11 Å². The highest BCUT2D eigenvalue weighted by atomic mass is 79.9. The molecule has 2 saturated carbocycles. The maximum absolute atomic E-state index is 11.2. The largest absolute Gasteiger partial charge is 0.384 e. The van der Waals surface area contributed by atoms with Crippen molar-refractivity contribution >= 4 is 15.9 Å². The van der Waals surface area contributed by atoms with E-state index >= 15 is 0 Å². The molecule has 1 N–H and O–H groups in total. The van der Waals surface area contributed by atoms with E-state index in [-0.39, 0.29) is 0 Å². The fraction of sp³-hybridized carbons (Fsp3) is 0.562. The van der Waals surface area contributed by atoms with Gasteiger partial charge >= 0.3 is 0 Å². The number of fused-ring (bicyclic) bond motifs is 2. The lowest BCUT2D eigenvalue weighted by atomic mass is 9.61. The first kappa shape index (κ1) is 13.1. The predicted octanol–water partition coefficient (Wildman–Crippen LogP) is 3.99. The average Bonchev–Trinajstić information content (AvgIpc) is 2.99. The first-order valence-electron chi connectivity index (χ1n) is 6.90. The summed E-state index contributed by atoms with van der Waals surface area (Å²) >= 11 is 3.52. The Morgan fingerprint density at radius 3 is 2.68 bits per heavy atom. The Morgan fingerprint density at radius 2 is 2.16 bits per heavy atom. The van der Waals surface area contributed by atoms with Crippen LogP contribution in [-0.2, 0) is 5.60 Å². The van der Waals surface area contributed by atoms with Crippen LogP contribution in [0, 0.1) is 28.6 Å². The molecule has 0 aromatic heterocycles. The summed E-state index contributed by atoms with van der Waals surface area (Å²) in [5.74, 6) is 0.961. The minimum Gasteiger partial charge on any atom is -0.384 e. The SMILES string of the molecule is CC(O)(c1ccccc1Br)C1(C#N)CC2CCC1C2. The van der Waals surface area contributed by atoms with Crippen molar-refractivity contribution in [3.8, 4) is 6.07 Å². The van der Waals surface area contributed by atoms with Crippen LogP contribution in [-0.4, -0.2) is 5.11 Å². The van der Waals surface area contributed by atoms with Crippen LogP contribution in [0.2, 0.25) is 0 Å². The summed E-state index contributed by atoms with van der Waals surface area (Å²) in [6, 6.07) is 10.2. The molecule has 19 heavy (non-hydrogen) atoms. The van der Waals surface area contributed by atoms with Crippen LogP contribution in [0.4, 0.5) is 0 Å². The summed E-state index contributed by atoms with van der Waals surface area (Å²) in [5, 5.41) is 21.0. The average molecular weight is 320 g/mol. The summed E-state index contributed by atoms with van der Waals surface area (Å²) in [4.78, 5) is 0. The third-order valence-corrected chi connectivity index (χ3v) is 6.01. The Labute approximate surface area is 122 Å². The molecule has 2 nitrogen and oxygen atoms in total. The van der Waals surface area contributed by atoms with E-state index < -0.39 is 11.0 Å². The van der Waals surface area contributed by atoms with E-state index in [0.717, 1.165) is 29.3 Å². The molecule has 4 atom stereocenters. The summed E-state index contributed by atoms with van der Waals surface area (Å²) in [6.45, 7) is 1.82. The van der Waals surface area contributed by atoms with Gasteiger partial charge in [0.25, 0.3) is 0 Å². The van der Waals surface area contributed by atoms with Crippen molar-refractivity contribution in [3.63, 3.8) is 0 Å². The molecule has 1 aromatic rings. The van der Waals surface area contributed by atoms with Gasteiger partial charge in [0.1, 0.15) is 5.60 Å². The zero-order chi connectivity index (χ0) is 13.7. The molecule has 3 heteroatoms. The maximum Gasteiger partial charge on any atom is 0.107 e. The summed E-state index contributed by atoms with van der Waals surface area (Å²) in [5.41, 5.74) is -0.884. The molecule has 0 radical (unpaired) electrons. The van der Waals surface area contributed by atoms with Crippen LogP contribution in [0.3, 0.4) is 0 Å². The normalized spacial score (nSPS) is 35.9. The van der Waals surface area contributed by atoms with Gasteiger partial charge in [0.05, 0.1) is 11.5 Å². The van der Waals surface area contributed by atoms with Crippen molar-refractivity contribution < 1.29 is 5.11 Å². The number of nitrogens with zero attached hydrogens (tertiary/aromatic N) is 1. The minimum absolute atomic E-state index is 0.338. The Bertz CT molecular complexity index is 548. The summed E-state index contributed by atoms with van der Waals surface area (Å²) < 4.78 is 0.886. The van der Waals surface area contributed by atoms with Crippen molar-refractivity contribution in [3.05, 3.63) is 34.3 Å². The lowest BCUT2D eigenvalue weighted by molar-refractivity contribution is -0.0739. The third kappa shape index (κ3) is 1.70. The molecule has 1 aromatic carbocycles. The van der Waals surface area contributed by atoms with Gasteiger partial charge in [-0.2, -0.15) is 5.26 Å². The molecule has 4 unspecified atom stereocenters. The van der Waals surface area contributed by atoms with Crippen LogP contribution < -0.4 is 0 Å². The van der Waals surface area contributed by atoms with Gasteiger partial charge in [0.2, 0.25) is 0 Å². The van der Waals surface area contributed by atoms with E-state index in [1.165, 1.54) is 6.42 Å². The fourth-order valence-electron chi connectivity index (χ4n) is 4.27. The molecule has 0 amide bonds. The number of aliphatic hydroxyl groups is 1. The van der Waals surface area contributed by atoms with E-state index in [2.05, 4.69) is 22.0 Å². The van der Waals surface area contributed by atoms with Crippen molar-refractivity contribution in [2.24, 2.45) is 17.3 Å². The molecule has 2 bridgehead atoms. The van der Waals surface area contributed by atoms with E-state index in [4.69, 9.17) is 0 Å².